The van der Waals surface area contributed by atoms with E-state index in [0.29, 0.717) is 19.5 Å². The van der Waals surface area contributed by atoms with E-state index in [1.165, 1.54) is 0 Å². The lowest BCUT2D eigenvalue weighted by molar-refractivity contribution is -0.136. The van der Waals surface area contributed by atoms with Crippen LogP contribution < -0.4 is 5.73 Å². The van der Waals surface area contributed by atoms with Crippen molar-refractivity contribution in [3.8, 4) is 0 Å². The van der Waals surface area contributed by atoms with Crippen molar-refractivity contribution in [1.82, 2.24) is 10.1 Å². The summed E-state index contributed by atoms with van der Waals surface area (Å²) in [5.41, 5.74) is 9.33. The molecule has 0 saturated carbocycles. The summed E-state index contributed by atoms with van der Waals surface area (Å²) >= 11 is 0. The van der Waals surface area contributed by atoms with E-state index in [1.807, 2.05) is 41.3 Å². The Bertz CT molecular complexity index is 919. The summed E-state index contributed by atoms with van der Waals surface area (Å²) in [7, 11) is 0. The van der Waals surface area contributed by atoms with Crippen LogP contribution in [0.3, 0.4) is 0 Å². The Morgan fingerprint density at radius 3 is 2.18 bits per heavy atom. The van der Waals surface area contributed by atoms with Crippen molar-refractivity contribution in [1.29, 1.82) is 0 Å². The molecule has 0 atom stereocenters. The van der Waals surface area contributed by atoms with E-state index in [-0.39, 0.29) is 11.8 Å². The van der Waals surface area contributed by atoms with E-state index in [4.69, 9.17) is 10.3 Å². The smallest absolute Gasteiger partial charge is 0.242 e. The number of benzene rings is 2. The number of carbonyl (C=O) groups excluding carboxylic acids is 1. The fraction of sp³-hybridized carbons (Fsp3) is 0.304. The predicted octanol–water partition coefficient (Wildman–Crippen LogP) is 3.48. The molecule has 0 saturated heterocycles. The van der Waals surface area contributed by atoms with Gasteiger partial charge in [0.25, 0.3) is 0 Å². The van der Waals surface area contributed by atoms with Crippen LogP contribution in [0.2, 0.25) is 0 Å². The summed E-state index contributed by atoms with van der Waals surface area (Å²) in [5, 5.41) is 4.46. The molecule has 0 radical (unpaired) electrons. The van der Waals surface area contributed by atoms with Crippen molar-refractivity contribution in [3.05, 3.63) is 88.8 Å². The molecule has 1 amide bonds. The normalized spacial score (nSPS) is 14.2. The molecule has 0 spiro atoms. The third-order valence-corrected chi connectivity index (χ3v) is 5.24. The zero-order valence-corrected chi connectivity index (χ0v) is 16.3. The Labute approximate surface area is 165 Å². The van der Waals surface area contributed by atoms with Gasteiger partial charge in [0.2, 0.25) is 5.91 Å². The highest BCUT2D eigenvalue weighted by Crippen LogP contribution is 2.36. The van der Waals surface area contributed by atoms with Crippen molar-refractivity contribution in [2.45, 2.75) is 38.3 Å². The maximum Gasteiger partial charge on any atom is 0.242 e. The lowest BCUT2D eigenvalue weighted by Gasteiger charge is -2.32. The number of rotatable bonds is 4. The number of hydrogen-bond donors (Lipinski definition) is 1. The first-order valence-electron chi connectivity index (χ1n) is 9.60. The predicted molar refractivity (Wildman–Crippen MR) is 108 cm³/mol. The van der Waals surface area contributed by atoms with Gasteiger partial charge in [-0.1, -0.05) is 65.8 Å². The van der Waals surface area contributed by atoms with Gasteiger partial charge < -0.3 is 15.2 Å². The Hall–Kier alpha value is -2.92. The highest BCUT2D eigenvalue weighted by molar-refractivity contribution is 5.85. The molecular weight excluding hydrogens is 350 g/mol. The van der Waals surface area contributed by atoms with Gasteiger partial charge >= 0.3 is 0 Å². The molecular formula is C23H25N3O2. The Kier molecular flexibility index (Phi) is 4.77. The molecule has 0 aliphatic carbocycles. The SMILES string of the molecule is CC(C)(N)C(=O)N1CCc2onc(C(c3ccccc3)c3ccccc3)c2C1. The first-order chi connectivity index (χ1) is 13.4. The van der Waals surface area contributed by atoms with Gasteiger partial charge in [0.1, 0.15) is 11.5 Å². The molecule has 2 aromatic carbocycles. The van der Waals surface area contributed by atoms with Crippen molar-refractivity contribution in [2.75, 3.05) is 6.54 Å². The molecule has 2 N–H and O–H groups in total. The van der Waals surface area contributed by atoms with Gasteiger partial charge in [-0.15, -0.1) is 0 Å². The van der Waals surface area contributed by atoms with Gasteiger partial charge in [0.05, 0.1) is 18.0 Å². The van der Waals surface area contributed by atoms with Gasteiger partial charge in [-0.2, -0.15) is 0 Å². The van der Waals surface area contributed by atoms with Crippen LogP contribution in [-0.4, -0.2) is 28.0 Å². The Morgan fingerprint density at radius 2 is 1.64 bits per heavy atom. The maximum absolute atomic E-state index is 12.7. The second kappa shape index (κ2) is 7.24. The second-order valence-corrected chi connectivity index (χ2v) is 7.92. The standard InChI is InChI=1S/C23H25N3O2/c1-23(2,24)22(27)26-14-13-19-18(15-26)21(25-28-19)20(16-9-5-3-6-10-16)17-11-7-4-8-12-17/h3-12,20H,13-15,24H2,1-2H3. The number of fused-ring (bicyclic) bond motifs is 1. The molecule has 4 rings (SSSR count). The van der Waals surface area contributed by atoms with Crippen LogP contribution in [-0.2, 0) is 17.8 Å². The fourth-order valence-corrected chi connectivity index (χ4v) is 3.84. The number of amides is 1. The van der Waals surface area contributed by atoms with Crippen LogP contribution in [0.25, 0.3) is 0 Å². The number of nitrogens with zero attached hydrogens (tertiary/aromatic N) is 2. The number of nitrogens with two attached hydrogens (primary N) is 1. The van der Waals surface area contributed by atoms with E-state index in [9.17, 15) is 4.79 Å². The maximum atomic E-state index is 12.7. The molecule has 2 heterocycles. The molecule has 1 aromatic heterocycles. The summed E-state index contributed by atoms with van der Waals surface area (Å²) in [4.78, 5) is 14.5. The molecule has 0 bridgehead atoms. The Morgan fingerprint density at radius 1 is 1.07 bits per heavy atom. The summed E-state index contributed by atoms with van der Waals surface area (Å²) in [6.07, 6.45) is 0.653. The molecule has 3 aromatic rings. The minimum atomic E-state index is -0.896. The lowest BCUT2D eigenvalue weighted by Crippen LogP contribution is -2.52. The summed E-state index contributed by atoms with van der Waals surface area (Å²) < 4.78 is 5.71. The van der Waals surface area contributed by atoms with E-state index in [1.54, 1.807) is 13.8 Å². The van der Waals surface area contributed by atoms with Crippen LogP contribution >= 0.6 is 0 Å². The highest BCUT2D eigenvalue weighted by atomic mass is 16.5. The quantitative estimate of drug-likeness (QED) is 0.758. The molecule has 144 valence electrons. The summed E-state index contributed by atoms with van der Waals surface area (Å²) in [6, 6.07) is 20.6. The van der Waals surface area contributed by atoms with Gasteiger partial charge in [-0.3, -0.25) is 4.79 Å². The first-order valence-corrected chi connectivity index (χ1v) is 9.60. The topological polar surface area (TPSA) is 72.4 Å². The minimum absolute atomic E-state index is 0.0455. The lowest BCUT2D eigenvalue weighted by atomic mass is 9.85. The van der Waals surface area contributed by atoms with Crippen molar-refractivity contribution in [2.24, 2.45) is 5.73 Å². The van der Waals surface area contributed by atoms with E-state index < -0.39 is 5.54 Å². The average Bonchev–Trinajstić information content (AvgIpc) is 3.11. The van der Waals surface area contributed by atoms with Crippen LogP contribution in [0, 0.1) is 0 Å². The van der Waals surface area contributed by atoms with Gasteiger partial charge in [0, 0.05) is 18.5 Å². The summed E-state index contributed by atoms with van der Waals surface area (Å²) in [5.74, 6) is 0.767. The molecule has 0 fully saturated rings. The second-order valence-electron chi connectivity index (χ2n) is 7.92. The van der Waals surface area contributed by atoms with Crippen molar-refractivity contribution in [3.63, 3.8) is 0 Å². The average molecular weight is 375 g/mol. The summed E-state index contributed by atoms with van der Waals surface area (Å²) in [6.45, 7) is 4.57. The Balaban J connectivity index is 1.76. The minimum Gasteiger partial charge on any atom is -0.361 e. The molecule has 5 nitrogen and oxygen atoms in total. The number of carbonyl (C=O) groups is 1. The van der Waals surface area contributed by atoms with Crippen LogP contribution in [0.5, 0.6) is 0 Å². The third-order valence-electron chi connectivity index (χ3n) is 5.24. The highest BCUT2D eigenvalue weighted by Gasteiger charge is 2.35. The van der Waals surface area contributed by atoms with Crippen LogP contribution in [0.1, 0.15) is 47.9 Å². The third kappa shape index (κ3) is 3.45. The molecule has 28 heavy (non-hydrogen) atoms. The molecule has 0 unspecified atom stereocenters. The van der Waals surface area contributed by atoms with E-state index in [2.05, 4.69) is 29.4 Å². The molecule has 1 aliphatic heterocycles. The van der Waals surface area contributed by atoms with Gasteiger partial charge in [-0.25, -0.2) is 0 Å². The molecule has 1 aliphatic rings. The number of aromatic nitrogens is 1. The van der Waals surface area contributed by atoms with Crippen LogP contribution in [0.15, 0.2) is 65.2 Å². The zero-order chi connectivity index (χ0) is 19.7. The van der Waals surface area contributed by atoms with Gasteiger partial charge in [-0.05, 0) is 25.0 Å². The van der Waals surface area contributed by atoms with E-state index >= 15 is 0 Å². The van der Waals surface area contributed by atoms with Crippen molar-refractivity contribution < 1.29 is 9.32 Å². The largest absolute Gasteiger partial charge is 0.361 e. The fourth-order valence-electron chi connectivity index (χ4n) is 3.84. The molecule has 5 heteroatoms. The monoisotopic (exact) mass is 375 g/mol. The van der Waals surface area contributed by atoms with Crippen LogP contribution in [0.4, 0.5) is 0 Å². The zero-order valence-electron chi connectivity index (χ0n) is 16.3. The van der Waals surface area contributed by atoms with Crippen molar-refractivity contribution >= 4 is 5.91 Å². The first kappa shape index (κ1) is 18.4. The number of hydrogen-bond acceptors (Lipinski definition) is 4. The van der Waals surface area contributed by atoms with E-state index in [0.717, 1.165) is 28.1 Å². The van der Waals surface area contributed by atoms with Gasteiger partial charge in [0.15, 0.2) is 0 Å².